The standard InChI is InChI=1S/C13H20N2/c1-15(2)10-12-5-3-4-6-13(12)14-9-11-7-8-11/h3-6,11,14H,7-10H2,1-2H3. The molecule has 0 aromatic heterocycles. The van der Waals surface area contributed by atoms with E-state index in [-0.39, 0.29) is 0 Å². The summed E-state index contributed by atoms with van der Waals surface area (Å²) < 4.78 is 0. The highest BCUT2D eigenvalue weighted by Gasteiger charge is 2.20. The van der Waals surface area contributed by atoms with Gasteiger partial charge in [-0.2, -0.15) is 0 Å². The SMILES string of the molecule is CN(C)Cc1ccccc1NCC1CC1. The lowest BCUT2D eigenvalue weighted by molar-refractivity contribution is 0.403. The van der Waals surface area contributed by atoms with Crippen LogP contribution < -0.4 is 5.32 Å². The minimum Gasteiger partial charge on any atom is -0.385 e. The molecular formula is C13H20N2. The Morgan fingerprint density at radius 3 is 2.67 bits per heavy atom. The van der Waals surface area contributed by atoms with Crippen molar-refractivity contribution < 1.29 is 0 Å². The third kappa shape index (κ3) is 3.24. The first-order valence-corrected chi connectivity index (χ1v) is 5.72. The fraction of sp³-hybridized carbons (Fsp3) is 0.538. The van der Waals surface area contributed by atoms with Crippen molar-refractivity contribution in [3.8, 4) is 0 Å². The Hall–Kier alpha value is -1.02. The fourth-order valence-corrected chi connectivity index (χ4v) is 1.75. The van der Waals surface area contributed by atoms with Gasteiger partial charge in [0.2, 0.25) is 0 Å². The second-order valence-corrected chi connectivity index (χ2v) is 4.72. The molecule has 2 rings (SSSR count). The topological polar surface area (TPSA) is 15.3 Å². The molecular weight excluding hydrogens is 184 g/mol. The summed E-state index contributed by atoms with van der Waals surface area (Å²) in [7, 11) is 4.22. The molecule has 1 aliphatic carbocycles. The first kappa shape index (κ1) is 10.5. The highest BCUT2D eigenvalue weighted by molar-refractivity contribution is 5.51. The number of nitrogens with zero attached hydrogens (tertiary/aromatic N) is 1. The second-order valence-electron chi connectivity index (χ2n) is 4.72. The van der Waals surface area contributed by atoms with E-state index >= 15 is 0 Å². The van der Waals surface area contributed by atoms with Gasteiger partial charge in [-0.15, -0.1) is 0 Å². The maximum Gasteiger partial charge on any atom is 0.0385 e. The molecule has 1 N–H and O–H groups in total. The van der Waals surface area contributed by atoms with E-state index in [1.165, 1.54) is 24.1 Å². The van der Waals surface area contributed by atoms with Crippen molar-refractivity contribution in [2.75, 3.05) is 26.0 Å². The summed E-state index contributed by atoms with van der Waals surface area (Å²) in [6.07, 6.45) is 2.81. The zero-order valence-corrected chi connectivity index (χ0v) is 9.66. The highest BCUT2D eigenvalue weighted by atomic mass is 15.1. The molecule has 1 fully saturated rings. The van der Waals surface area contributed by atoms with Crippen molar-refractivity contribution in [3.05, 3.63) is 29.8 Å². The molecule has 0 unspecified atom stereocenters. The van der Waals surface area contributed by atoms with Crippen LogP contribution in [0.3, 0.4) is 0 Å². The number of hydrogen-bond donors (Lipinski definition) is 1. The number of anilines is 1. The molecule has 1 saturated carbocycles. The van der Waals surface area contributed by atoms with E-state index in [4.69, 9.17) is 0 Å². The molecule has 1 aliphatic rings. The lowest BCUT2D eigenvalue weighted by atomic mass is 10.1. The van der Waals surface area contributed by atoms with Crippen LogP contribution in [0, 0.1) is 5.92 Å². The van der Waals surface area contributed by atoms with Gasteiger partial charge in [0.05, 0.1) is 0 Å². The minimum absolute atomic E-state index is 0.928. The molecule has 1 aromatic rings. The number of benzene rings is 1. The molecule has 0 spiro atoms. The predicted molar refractivity (Wildman–Crippen MR) is 65.0 cm³/mol. The number of nitrogens with one attached hydrogen (secondary N) is 1. The van der Waals surface area contributed by atoms with E-state index < -0.39 is 0 Å². The Morgan fingerprint density at radius 1 is 1.27 bits per heavy atom. The van der Waals surface area contributed by atoms with Crippen molar-refractivity contribution >= 4 is 5.69 Å². The third-order valence-electron chi connectivity index (χ3n) is 2.78. The van der Waals surface area contributed by atoms with Crippen molar-refractivity contribution in [2.45, 2.75) is 19.4 Å². The summed E-state index contributed by atoms with van der Waals surface area (Å²) in [5.41, 5.74) is 2.70. The van der Waals surface area contributed by atoms with Gasteiger partial charge in [0.15, 0.2) is 0 Å². The van der Waals surface area contributed by atoms with Gasteiger partial charge >= 0.3 is 0 Å². The van der Waals surface area contributed by atoms with E-state index in [2.05, 4.69) is 48.6 Å². The molecule has 2 nitrogen and oxygen atoms in total. The van der Waals surface area contributed by atoms with Crippen LogP contribution in [0.1, 0.15) is 18.4 Å². The van der Waals surface area contributed by atoms with Gasteiger partial charge < -0.3 is 10.2 Å². The summed E-state index contributed by atoms with van der Waals surface area (Å²) in [5.74, 6) is 0.928. The van der Waals surface area contributed by atoms with Crippen molar-refractivity contribution in [1.82, 2.24) is 4.90 Å². The Bertz CT molecular complexity index is 316. The largest absolute Gasteiger partial charge is 0.385 e. The molecule has 0 saturated heterocycles. The first-order valence-electron chi connectivity index (χ1n) is 5.72. The van der Waals surface area contributed by atoms with Gasteiger partial charge in [-0.3, -0.25) is 0 Å². The van der Waals surface area contributed by atoms with E-state index in [9.17, 15) is 0 Å². The second kappa shape index (κ2) is 4.67. The fourth-order valence-electron chi connectivity index (χ4n) is 1.75. The average molecular weight is 204 g/mol. The molecule has 0 amide bonds. The van der Waals surface area contributed by atoms with Crippen LogP contribution in [0.4, 0.5) is 5.69 Å². The number of hydrogen-bond acceptors (Lipinski definition) is 2. The highest BCUT2D eigenvalue weighted by Crippen LogP contribution is 2.29. The molecule has 0 aliphatic heterocycles. The summed E-state index contributed by atoms with van der Waals surface area (Å²) in [6.45, 7) is 2.15. The molecule has 15 heavy (non-hydrogen) atoms. The summed E-state index contributed by atoms with van der Waals surface area (Å²) in [4.78, 5) is 2.21. The van der Waals surface area contributed by atoms with Crippen LogP contribution in [0.25, 0.3) is 0 Å². The van der Waals surface area contributed by atoms with E-state index in [0.717, 1.165) is 19.0 Å². The number of para-hydroxylation sites is 1. The quantitative estimate of drug-likeness (QED) is 0.793. The van der Waals surface area contributed by atoms with E-state index in [1.807, 2.05) is 0 Å². The molecule has 0 heterocycles. The Kier molecular flexibility index (Phi) is 3.27. The van der Waals surface area contributed by atoms with Crippen molar-refractivity contribution in [2.24, 2.45) is 5.92 Å². The van der Waals surface area contributed by atoms with Crippen LogP contribution in [-0.4, -0.2) is 25.5 Å². The third-order valence-corrected chi connectivity index (χ3v) is 2.78. The van der Waals surface area contributed by atoms with Crippen LogP contribution in [0.2, 0.25) is 0 Å². The minimum atomic E-state index is 0.928. The first-order chi connectivity index (χ1) is 7.25. The molecule has 2 heteroatoms. The summed E-state index contributed by atoms with van der Waals surface area (Å²) in [6, 6.07) is 8.60. The van der Waals surface area contributed by atoms with Crippen LogP contribution in [0.5, 0.6) is 0 Å². The Labute approximate surface area is 92.3 Å². The van der Waals surface area contributed by atoms with Gasteiger partial charge in [0.25, 0.3) is 0 Å². The molecule has 1 aromatic carbocycles. The predicted octanol–water partition coefficient (Wildman–Crippen LogP) is 2.57. The Morgan fingerprint density at radius 2 is 2.00 bits per heavy atom. The lowest BCUT2D eigenvalue weighted by Crippen LogP contribution is -2.13. The Balaban J connectivity index is 1.99. The van der Waals surface area contributed by atoms with Gasteiger partial charge in [0.1, 0.15) is 0 Å². The maximum atomic E-state index is 3.55. The van der Waals surface area contributed by atoms with E-state index in [0.29, 0.717) is 0 Å². The van der Waals surface area contributed by atoms with Crippen LogP contribution in [0.15, 0.2) is 24.3 Å². The van der Waals surface area contributed by atoms with Crippen LogP contribution >= 0.6 is 0 Å². The van der Waals surface area contributed by atoms with Crippen molar-refractivity contribution in [1.29, 1.82) is 0 Å². The molecule has 0 radical (unpaired) electrons. The molecule has 0 atom stereocenters. The maximum absolute atomic E-state index is 3.55. The zero-order chi connectivity index (χ0) is 10.7. The zero-order valence-electron chi connectivity index (χ0n) is 9.66. The van der Waals surface area contributed by atoms with Gasteiger partial charge in [-0.1, -0.05) is 18.2 Å². The monoisotopic (exact) mass is 204 g/mol. The molecule has 0 bridgehead atoms. The summed E-state index contributed by atoms with van der Waals surface area (Å²) in [5, 5.41) is 3.55. The average Bonchev–Trinajstić information content (AvgIpc) is 2.99. The van der Waals surface area contributed by atoms with Gasteiger partial charge in [0, 0.05) is 18.8 Å². The van der Waals surface area contributed by atoms with Crippen LogP contribution in [-0.2, 0) is 6.54 Å². The van der Waals surface area contributed by atoms with Crippen molar-refractivity contribution in [3.63, 3.8) is 0 Å². The van der Waals surface area contributed by atoms with Gasteiger partial charge in [-0.05, 0) is 44.5 Å². The normalized spacial score (nSPS) is 15.7. The van der Waals surface area contributed by atoms with E-state index in [1.54, 1.807) is 0 Å². The number of rotatable bonds is 5. The smallest absolute Gasteiger partial charge is 0.0385 e. The van der Waals surface area contributed by atoms with Gasteiger partial charge in [-0.25, -0.2) is 0 Å². The summed E-state index contributed by atoms with van der Waals surface area (Å²) >= 11 is 0. The lowest BCUT2D eigenvalue weighted by Gasteiger charge is -2.15. The molecule has 82 valence electrons.